The van der Waals surface area contributed by atoms with Gasteiger partial charge in [-0.2, -0.15) is 0 Å². The number of halogens is 2. The lowest BCUT2D eigenvalue weighted by Crippen LogP contribution is -2.46. The molecule has 134 valence electrons. The van der Waals surface area contributed by atoms with Gasteiger partial charge in [-0.25, -0.2) is 17.6 Å². The summed E-state index contributed by atoms with van der Waals surface area (Å²) in [6.45, 7) is 1.78. The quantitative estimate of drug-likeness (QED) is 0.828. The van der Waals surface area contributed by atoms with Gasteiger partial charge < -0.3 is 5.11 Å². The lowest BCUT2D eigenvalue weighted by atomic mass is 10.0. The molecule has 0 bridgehead atoms. The SMILES string of the molecule is Cc1ccc(Cl)cc1CC(C(=O)O)N(c1ccc(F)cc1)S(C)(=O)=O. The molecule has 0 aliphatic carbocycles. The summed E-state index contributed by atoms with van der Waals surface area (Å²) >= 11 is 5.96. The molecular weight excluding hydrogens is 369 g/mol. The zero-order valence-corrected chi connectivity index (χ0v) is 15.2. The summed E-state index contributed by atoms with van der Waals surface area (Å²) < 4.78 is 38.4. The molecule has 0 saturated carbocycles. The van der Waals surface area contributed by atoms with Gasteiger partial charge >= 0.3 is 5.97 Å². The number of hydrogen-bond acceptors (Lipinski definition) is 3. The van der Waals surface area contributed by atoms with Crippen LogP contribution in [0.4, 0.5) is 10.1 Å². The Bertz CT molecular complexity index is 884. The van der Waals surface area contributed by atoms with E-state index in [1.807, 2.05) is 0 Å². The number of aryl methyl sites for hydroxylation is 1. The molecule has 25 heavy (non-hydrogen) atoms. The Morgan fingerprint density at radius 1 is 1.24 bits per heavy atom. The number of nitrogens with zero attached hydrogens (tertiary/aromatic N) is 1. The standard InChI is InChI=1S/C17H17ClFNO4S/c1-11-3-4-13(18)9-12(11)10-16(17(21)22)20(25(2,23)24)15-7-5-14(19)6-8-15/h3-9,16H,10H2,1-2H3,(H,21,22). The van der Waals surface area contributed by atoms with Crippen molar-refractivity contribution in [1.29, 1.82) is 0 Å². The van der Waals surface area contributed by atoms with Gasteiger partial charge in [-0.15, -0.1) is 0 Å². The second kappa shape index (κ2) is 7.41. The van der Waals surface area contributed by atoms with Crippen LogP contribution in [-0.2, 0) is 21.2 Å². The van der Waals surface area contributed by atoms with E-state index in [1.165, 1.54) is 12.1 Å². The Hall–Kier alpha value is -2.12. The van der Waals surface area contributed by atoms with E-state index >= 15 is 0 Å². The molecule has 0 aliphatic heterocycles. The van der Waals surface area contributed by atoms with E-state index in [1.54, 1.807) is 25.1 Å². The monoisotopic (exact) mass is 385 g/mol. The third kappa shape index (κ3) is 4.70. The van der Waals surface area contributed by atoms with Gasteiger partial charge in [0.05, 0.1) is 11.9 Å². The molecule has 2 aromatic carbocycles. The second-order valence-electron chi connectivity index (χ2n) is 5.66. The van der Waals surface area contributed by atoms with Crippen molar-refractivity contribution < 1.29 is 22.7 Å². The third-order valence-corrected chi connectivity index (χ3v) is 5.15. The molecule has 0 fully saturated rings. The topological polar surface area (TPSA) is 74.7 Å². The van der Waals surface area contributed by atoms with Crippen molar-refractivity contribution in [3.05, 3.63) is 64.4 Å². The van der Waals surface area contributed by atoms with Crippen LogP contribution in [0.15, 0.2) is 42.5 Å². The average molecular weight is 386 g/mol. The van der Waals surface area contributed by atoms with Gasteiger partial charge in [0.1, 0.15) is 11.9 Å². The van der Waals surface area contributed by atoms with Crippen molar-refractivity contribution in [3.8, 4) is 0 Å². The average Bonchev–Trinajstić information content (AvgIpc) is 2.50. The molecule has 0 heterocycles. The fraction of sp³-hybridized carbons (Fsp3) is 0.235. The predicted molar refractivity (Wildman–Crippen MR) is 95.0 cm³/mol. The fourth-order valence-corrected chi connectivity index (χ4v) is 3.86. The zero-order chi connectivity index (χ0) is 18.8. The number of carboxylic acid groups (broad SMARTS) is 1. The molecule has 2 rings (SSSR count). The number of anilines is 1. The Balaban J connectivity index is 2.52. The lowest BCUT2D eigenvalue weighted by molar-refractivity contribution is -0.138. The van der Waals surface area contributed by atoms with Crippen LogP contribution in [0.5, 0.6) is 0 Å². The van der Waals surface area contributed by atoms with Gasteiger partial charge in [0.2, 0.25) is 10.0 Å². The van der Waals surface area contributed by atoms with Crippen LogP contribution < -0.4 is 4.31 Å². The van der Waals surface area contributed by atoms with Gasteiger partial charge in [0.15, 0.2) is 0 Å². The molecule has 0 aromatic heterocycles. The van der Waals surface area contributed by atoms with Crippen molar-refractivity contribution in [2.75, 3.05) is 10.6 Å². The summed E-state index contributed by atoms with van der Waals surface area (Å²) in [5.74, 6) is -1.86. The van der Waals surface area contributed by atoms with Crippen LogP contribution in [0.3, 0.4) is 0 Å². The van der Waals surface area contributed by atoms with Crippen LogP contribution in [0.1, 0.15) is 11.1 Å². The van der Waals surface area contributed by atoms with Crippen LogP contribution >= 0.6 is 11.6 Å². The van der Waals surface area contributed by atoms with E-state index in [-0.39, 0.29) is 12.1 Å². The van der Waals surface area contributed by atoms with E-state index < -0.39 is 27.9 Å². The number of carboxylic acids is 1. The largest absolute Gasteiger partial charge is 0.480 e. The normalized spacial score (nSPS) is 12.6. The van der Waals surface area contributed by atoms with Crippen LogP contribution in [0, 0.1) is 12.7 Å². The maximum atomic E-state index is 13.2. The second-order valence-corrected chi connectivity index (χ2v) is 7.96. The smallest absolute Gasteiger partial charge is 0.327 e. The van der Waals surface area contributed by atoms with Gasteiger partial charge in [0, 0.05) is 11.4 Å². The first kappa shape index (κ1) is 19.2. The fourth-order valence-electron chi connectivity index (χ4n) is 2.53. The molecule has 0 saturated heterocycles. The maximum absolute atomic E-state index is 13.2. The Morgan fingerprint density at radius 3 is 2.36 bits per heavy atom. The van der Waals surface area contributed by atoms with E-state index in [4.69, 9.17) is 11.6 Å². The number of hydrogen-bond donors (Lipinski definition) is 1. The summed E-state index contributed by atoms with van der Waals surface area (Å²) in [6.07, 6.45) is 0.837. The maximum Gasteiger partial charge on any atom is 0.327 e. The highest BCUT2D eigenvalue weighted by atomic mass is 35.5. The molecule has 2 aromatic rings. The summed E-state index contributed by atoms with van der Waals surface area (Å²) in [5, 5.41) is 10.1. The summed E-state index contributed by atoms with van der Waals surface area (Å²) in [4.78, 5) is 11.8. The summed E-state index contributed by atoms with van der Waals surface area (Å²) in [5.41, 5.74) is 1.50. The molecule has 5 nitrogen and oxygen atoms in total. The zero-order valence-electron chi connectivity index (χ0n) is 13.6. The lowest BCUT2D eigenvalue weighted by Gasteiger charge is -2.29. The van der Waals surface area contributed by atoms with Crippen molar-refractivity contribution in [2.24, 2.45) is 0 Å². The molecule has 0 radical (unpaired) electrons. The molecule has 1 unspecified atom stereocenters. The van der Waals surface area contributed by atoms with Gasteiger partial charge in [0.25, 0.3) is 0 Å². The number of aliphatic carboxylic acids is 1. The first-order valence-electron chi connectivity index (χ1n) is 7.32. The highest BCUT2D eigenvalue weighted by molar-refractivity contribution is 7.92. The molecule has 0 amide bonds. The molecule has 0 spiro atoms. The molecule has 8 heteroatoms. The highest BCUT2D eigenvalue weighted by Crippen LogP contribution is 2.25. The minimum Gasteiger partial charge on any atom is -0.480 e. The molecule has 1 atom stereocenters. The van der Waals surface area contributed by atoms with Crippen molar-refractivity contribution in [3.63, 3.8) is 0 Å². The molecular formula is C17H17ClFNO4S. The molecule has 1 N–H and O–H groups in total. The summed E-state index contributed by atoms with van der Waals surface area (Å²) in [6, 6.07) is 8.25. The van der Waals surface area contributed by atoms with Crippen molar-refractivity contribution >= 4 is 33.3 Å². The van der Waals surface area contributed by atoms with E-state index in [0.29, 0.717) is 10.6 Å². The third-order valence-electron chi connectivity index (χ3n) is 3.73. The Kier molecular flexibility index (Phi) is 5.69. The van der Waals surface area contributed by atoms with E-state index in [0.717, 1.165) is 28.3 Å². The number of benzene rings is 2. The van der Waals surface area contributed by atoms with Crippen molar-refractivity contribution in [1.82, 2.24) is 0 Å². The first-order chi connectivity index (χ1) is 11.6. The van der Waals surface area contributed by atoms with E-state index in [2.05, 4.69) is 0 Å². The number of rotatable bonds is 6. The minimum absolute atomic E-state index is 0.0772. The first-order valence-corrected chi connectivity index (χ1v) is 9.55. The van der Waals surface area contributed by atoms with Crippen LogP contribution in [0.2, 0.25) is 5.02 Å². The Morgan fingerprint density at radius 2 is 1.84 bits per heavy atom. The highest BCUT2D eigenvalue weighted by Gasteiger charge is 2.33. The summed E-state index contributed by atoms with van der Waals surface area (Å²) in [7, 11) is -3.92. The van der Waals surface area contributed by atoms with Gasteiger partial charge in [-0.05, 0) is 54.4 Å². The van der Waals surface area contributed by atoms with Crippen LogP contribution in [-0.4, -0.2) is 31.8 Å². The van der Waals surface area contributed by atoms with Gasteiger partial charge in [-0.3, -0.25) is 4.31 Å². The number of carbonyl (C=O) groups is 1. The van der Waals surface area contributed by atoms with E-state index in [9.17, 15) is 22.7 Å². The predicted octanol–water partition coefficient (Wildman–Crippen LogP) is 3.25. The molecule has 0 aliphatic rings. The van der Waals surface area contributed by atoms with Crippen molar-refractivity contribution in [2.45, 2.75) is 19.4 Å². The Labute approximate surface area is 150 Å². The van der Waals surface area contributed by atoms with Gasteiger partial charge in [-0.1, -0.05) is 17.7 Å². The van der Waals surface area contributed by atoms with Crippen LogP contribution in [0.25, 0.3) is 0 Å². The minimum atomic E-state index is -3.92. The number of sulfonamides is 1.